The summed E-state index contributed by atoms with van der Waals surface area (Å²) in [4.78, 5) is 40.6. The summed E-state index contributed by atoms with van der Waals surface area (Å²) in [5, 5.41) is 2.74. The van der Waals surface area contributed by atoms with E-state index in [9.17, 15) is 14.4 Å². The van der Waals surface area contributed by atoms with E-state index in [1.807, 2.05) is 55.5 Å². The van der Waals surface area contributed by atoms with Crippen molar-refractivity contribution in [2.75, 3.05) is 13.6 Å². The molecule has 6 heteroatoms. The van der Waals surface area contributed by atoms with Crippen molar-refractivity contribution in [2.45, 2.75) is 39.3 Å². The van der Waals surface area contributed by atoms with E-state index >= 15 is 0 Å². The summed E-state index contributed by atoms with van der Waals surface area (Å²) >= 11 is 0. The van der Waals surface area contributed by atoms with E-state index in [4.69, 9.17) is 0 Å². The summed E-state index contributed by atoms with van der Waals surface area (Å²) in [7, 11) is 1.67. The number of aryl methyl sites for hydroxylation is 2. The Hall–Kier alpha value is -3.15. The number of nitrogens with zero attached hydrogens (tertiary/aromatic N) is 2. The molecule has 152 valence electrons. The minimum absolute atomic E-state index is 0.282. The second kappa shape index (κ2) is 8.07. The third-order valence-corrected chi connectivity index (χ3v) is 5.47. The van der Waals surface area contributed by atoms with Gasteiger partial charge in [-0.3, -0.25) is 14.5 Å². The molecule has 0 saturated carbocycles. The maximum absolute atomic E-state index is 13.0. The smallest absolute Gasteiger partial charge is 0.325 e. The molecule has 0 bridgehead atoms. The van der Waals surface area contributed by atoms with Crippen molar-refractivity contribution in [3.63, 3.8) is 0 Å². The van der Waals surface area contributed by atoms with Gasteiger partial charge in [0, 0.05) is 13.6 Å². The lowest BCUT2D eigenvalue weighted by atomic mass is 9.91. The average molecular weight is 393 g/mol. The first kappa shape index (κ1) is 20.6. The number of benzene rings is 2. The SMILES string of the molecule is CCc1ccc(CN(C)C(=O)CN2C(=O)NC(C)(c3ccc(C)cc3)C2=O)cc1. The van der Waals surface area contributed by atoms with Crippen LogP contribution in [0.25, 0.3) is 0 Å². The summed E-state index contributed by atoms with van der Waals surface area (Å²) < 4.78 is 0. The third kappa shape index (κ3) is 4.16. The predicted octanol–water partition coefficient (Wildman–Crippen LogP) is 2.98. The third-order valence-electron chi connectivity index (χ3n) is 5.47. The minimum Gasteiger partial charge on any atom is -0.340 e. The zero-order valence-electron chi connectivity index (χ0n) is 17.4. The zero-order chi connectivity index (χ0) is 21.2. The Morgan fingerprint density at radius 1 is 1.03 bits per heavy atom. The van der Waals surface area contributed by atoms with Gasteiger partial charge in [0.05, 0.1) is 0 Å². The summed E-state index contributed by atoms with van der Waals surface area (Å²) in [6.45, 7) is 5.85. The Balaban J connectivity index is 1.68. The van der Waals surface area contributed by atoms with E-state index in [1.165, 1.54) is 10.5 Å². The Morgan fingerprint density at radius 2 is 1.62 bits per heavy atom. The van der Waals surface area contributed by atoms with Gasteiger partial charge >= 0.3 is 6.03 Å². The Morgan fingerprint density at radius 3 is 2.21 bits per heavy atom. The quantitative estimate of drug-likeness (QED) is 0.767. The lowest BCUT2D eigenvalue weighted by molar-refractivity contribution is -0.138. The molecule has 1 N–H and O–H groups in total. The molecule has 6 nitrogen and oxygen atoms in total. The number of carbonyl (C=O) groups excluding carboxylic acids is 3. The Labute approximate surface area is 171 Å². The highest BCUT2D eigenvalue weighted by molar-refractivity contribution is 6.09. The lowest BCUT2D eigenvalue weighted by Crippen LogP contribution is -2.43. The number of hydrogen-bond acceptors (Lipinski definition) is 3. The topological polar surface area (TPSA) is 69.7 Å². The van der Waals surface area contributed by atoms with Crippen molar-refractivity contribution in [3.05, 3.63) is 70.8 Å². The van der Waals surface area contributed by atoms with Gasteiger partial charge in [-0.1, -0.05) is 61.0 Å². The van der Waals surface area contributed by atoms with Gasteiger partial charge in [0.25, 0.3) is 5.91 Å². The molecule has 1 fully saturated rings. The van der Waals surface area contributed by atoms with Crippen molar-refractivity contribution in [2.24, 2.45) is 0 Å². The molecule has 2 aromatic rings. The largest absolute Gasteiger partial charge is 0.340 e. The number of carbonyl (C=O) groups is 3. The first-order valence-corrected chi connectivity index (χ1v) is 9.77. The highest BCUT2D eigenvalue weighted by Gasteiger charge is 2.49. The van der Waals surface area contributed by atoms with Gasteiger partial charge in [0.2, 0.25) is 5.91 Å². The molecular weight excluding hydrogens is 366 g/mol. The molecule has 1 aliphatic heterocycles. The fourth-order valence-electron chi connectivity index (χ4n) is 3.42. The minimum atomic E-state index is -1.17. The van der Waals surface area contributed by atoms with Crippen LogP contribution in [0.4, 0.5) is 4.79 Å². The first-order chi connectivity index (χ1) is 13.7. The summed E-state index contributed by atoms with van der Waals surface area (Å²) in [5.74, 6) is -0.707. The van der Waals surface area contributed by atoms with E-state index in [-0.39, 0.29) is 12.5 Å². The van der Waals surface area contributed by atoms with Crippen LogP contribution in [-0.2, 0) is 28.1 Å². The highest BCUT2D eigenvalue weighted by Crippen LogP contribution is 2.29. The van der Waals surface area contributed by atoms with E-state index in [1.54, 1.807) is 14.0 Å². The fraction of sp³-hybridized carbons (Fsp3) is 0.348. The van der Waals surface area contributed by atoms with Gasteiger partial charge in [0.1, 0.15) is 12.1 Å². The van der Waals surface area contributed by atoms with E-state index < -0.39 is 17.5 Å². The molecule has 4 amide bonds. The first-order valence-electron chi connectivity index (χ1n) is 9.77. The monoisotopic (exact) mass is 393 g/mol. The summed E-state index contributed by atoms with van der Waals surface area (Å²) in [5.41, 5.74) is 2.83. The molecule has 0 spiro atoms. The number of nitrogens with one attached hydrogen (secondary N) is 1. The molecule has 0 aliphatic carbocycles. The van der Waals surface area contributed by atoms with Crippen molar-refractivity contribution >= 4 is 17.8 Å². The molecule has 1 atom stereocenters. The van der Waals surface area contributed by atoms with Gasteiger partial charge < -0.3 is 10.2 Å². The Bertz CT molecular complexity index is 921. The van der Waals surface area contributed by atoms with Crippen LogP contribution in [0, 0.1) is 6.92 Å². The van der Waals surface area contributed by atoms with Crippen LogP contribution < -0.4 is 5.32 Å². The van der Waals surface area contributed by atoms with Gasteiger partial charge in [0.15, 0.2) is 0 Å². The number of urea groups is 1. The maximum atomic E-state index is 13.0. The standard InChI is InChI=1S/C23H27N3O3/c1-5-17-8-10-18(11-9-17)14-25(4)20(27)15-26-21(28)23(3,24-22(26)29)19-12-6-16(2)7-13-19/h6-13H,5,14-15H2,1-4H3,(H,24,29). The molecule has 1 heterocycles. The van der Waals surface area contributed by atoms with E-state index in [0.29, 0.717) is 12.1 Å². The fourth-order valence-corrected chi connectivity index (χ4v) is 3.42. The van der Waals surface area contributed by atoms with E-state index in [2.05, 4.69) is 12.2 Å². The van der Waals surface area contributed by atoms with Gasteiger partial charge in [-0.2, -0.15) is 0 Å². The number of hydrogen-bond donors (Lipinski definition) is 1. The van der Waals surface area contributed by atoms with Crippen molar-refractivity contribution < 1.29 is 14.4 Å². The molecule has 2 aromatic carbocycles. The van der Waals surface area contributed by atoms with Crippen LogP contribution in [0.15, 0.2) is 48.5 Å². The predicted molar refractivity (Wildman–Crippen MR) is 111 cm³/mol. The van der Waals surface area contributed by atoms with Crippen molar-refractivity contribution in [1.82, 2.24) is 15.1 Å². The van der Waals surface area contributed by atoms with Crippen LogP contribution in [0.3, 0.4) is 0 Å². The van der Waals surface area contributed by atoms with Crippen LogP contribution in [0.1, 0.15) is 36.1 Å². The Kier molecular flexibility index (Phi) is 5.73. The zero-order valence-corrected chi connectivity index (χ0v) is 17.4. The second-order valence-corrected chi connectivity index (χ2v) is 7.73. The van der Waals surface area contributed by atoms with E-state index in [0.717, 1.165) is 22.4 Å². The lowest BCUT2D eigenvalue weighted by Gasteiger charge is -2.23. The van der Waals surface area contributed by atoms with Crippen molar-refractivity contribution in [3.8, 4) is 0 Å². The molecule has 1 unspecified atom stereocenters. The number of likely N-dealkylation sites (N-methyl/N-ethyl adjacent to an activating group) is 1. The van der Waals surface area contributed by atoms with Gasteiger partial charge in [-0.05, 0) is 37.0 Å². The van der Waals surface area contributed by atoms with Crippen LogP contribution in [-0.4, -0.2) is 41.2 Å². The number of amides is 4. The highest BCUT2D eigenvalue weighted by atomic mass is 16.2. The average Bonchev–Trinajstić information content (AvgIpc) is 2.92. The van der Waals surface area contributed by atoms with Crippen molar-refractivity contribution in [1.29, 1.82) is 0 Å². The van der Waals surface area contributed by atoms with Crippen LogP contribution >= 0.6 is 0 Å². The number of imide groups is 1. The molecule has 29 heavy (non-hydrogen) atoms. The van der Waals surface area contributed by atoms with Crippen LogP contribution in [0.2, 0.25) is 0 Å². The summed E-state index contributed by atoms with van der Waals surface area (Å²) in [6, 6.07) is 14.9. The number of rotatable bonds is 6. The summed E-state index contributed by atoms with van der Waals surface area (Å²) in [6.07, 6.45) is 0.959. The molecule has 1 saturated heterocycles. The molecule has 0 radical (unpaired) electrons. The maximum Gasteiger partial charge on any atom is 0.325 e. The molecule has 1 aliphatic rings. The molecular formula is C23H27N3O3. The van der Waals surface area contributed by atoms with Crippen LogP contribution in [0.5, 0.6) is 0 Å². The molecule has 3 rings (SSSR count). The second-order valence-electron chi connectivity index (χ2n) is 7.73. The molecule has 0 aromatic heterocycles. The van der Waals surface area contributed by atoms with Gasteiger partial charge in [-0.25, -0.2) is 4.79 Å². The normalized spacial score (nSPS) is 18.7. The van der Waals surface area contributed by atoms with Gasteiger partial charge in [-0.15, -0.1) is 0 Å².